The Kier molecular flexibility index (Phi) is 4.54. The molecule has 7 nitrogen and oxygen atoms in total. The monoisotopic (exact) mass is 401 g/mol. The first-order valence-corrected chi connectivity index (χ1v) is 9.59. The average molecular weight is 401 g/mol. The third kappa shape index (κ3) is 2.94. The number of ether oxygens (including phenoxy) is 3. The van der Waals surface area contributed by atoms with Crippen LogP contribution >= 0.6 is 22.7 Å². The van der Waals surface area contributed by atoms with Gasteiger partial charge in [0.1, 0.15) is 0 Å². The number of methoxy groups -OCH3 is 3. The van der Waals surface area contributed by atoms with Gasteiger partial charge >= 0.3 is 0 Å². The Morgan fingerprint density at radius 3 is 2.41 bits per heavy atom. The van der Waals surface area contributed by atoms with Gasteiger partial charge in [-0.1, -0.05) is 17.4 Å². The van der Waals surface area contributed by atoms with Crippen molar-refractivity contribution in [1.82, 2.24) is 14.6 Å². The molecule has 0 atom stereocenters. The molecule has 1 aromatic carbocycles. The number of rotatable bonds is 5. The molecule has 0 aliphatic carbocycles. The molecule has 0 amide bonds. The second-order valence-electron chi connectivity index (χ2n) is 5.49. The molecule has 9 heteroatoms. The predicted molar refractivity (Wildman–Crippen MR) is 105 cm³/mol. The molecule has 0 saturated carbocycles. The summed E-state index contributed by atoms with van der Waals surface area (Å²) >= 11 is 2.88. The summed E-state index contributed by atoms with van der Waals surface area (Å²) in [5, 5.41) is 10.3. The first kappa shape index (κ1) is 17.5. The van der Waals surface area contributed by atoms with Gasteiger partial charge in [-0.2, -0.15) is 0 Å². The minimum atomic E-state index is -0.155. The summed E-state index contributed by atoms with van der Waals surface area (Å²) in [5.74, 6) is 1.87. The number of thiophene rings is 1. The van der Waals surface area contributed by atoms with Gasteiger partial charge in [0.15, 0.2) is 17.3 Å². The maximum Gasteiger partial charge on any atom is 0.276 e. The van der Waals surface area contributed by atoms with E-state index in [1.165, 1.54) is 37.1 Å². The quantitative estimate of drug-likeness (QED) is 0.511. The molecule has 0 N–H and O–H groups in total. The Labute approximate surface area is 162 Å². The third-order valence-corrected chi connectivity index (χ3v) is 5.77. The van der Waals surface area contributed by atoms with Crippen LogP contribution in [-0.4, -0.2) is 35.9 Å². The Bertz CT molecular complexity index is 1190. The molecule has 0 aliphatic heterocycles. The number of thiazole rings is 1. The fraction of sp³-hybridized carbons (Fsp3) is 0.167. The normalized spacial score (nSPS) is 11.9. The van der Waals surface area contributed by atoms with Crippen molar-refractivity contribution in [1.29, 1.82) is 0 Å². The number of nitrogens with zero attached hydrogens (tertiary/aromatic N) is 3. The van der Waals surface area contributed by atoms with Crippen molar-refractivity contribution in [3.05, 3.63) is 49.4 Å². The molecular formula is C18H15N3O4S2. The second-order valence-corrected chi connectivity index (χ2v) is 7.48. The Morgan fingerprint density at radius 2 is 1.81 bits per heavy atom. The van der Waals surface area contributed by atoms with E-state index in [1.807, 2.05) is 23.6 Å². The summed E-state index contributed by atoms with van der Waals surface area (Å²) in [6.07, 6.45) is 1.87. The van der Waals surface area contributed by atoms with Crippen molar-refractivity contribution in [2.45, 2.75) is 0 Å². The molecule has 4 rings (SSSR count). The molecule has 0 fully saturated rings. The van der Waals surface area contributed by atoms with E-state index in [9.17, 15) is 4.79 Å². The number of hydrogen-bond acceptors (Lipinski definition) is 8. The molecule has 0 aliphatic rings. The van der Waals surface area contributed by atoms with Gasteiger partial charge in [0.25, 0.3) is 5.56 Å². The van der Waals surface area contributed by atoms with Gasteiger partial charge in [0, 0.05) is 10.4 Å². The van der Waals surface area contributed by atoms with Gasteiger partial charge in [-0.05, 0) is 29.7 Å². The highest BCUT2D eigenvalue weighted by Crippen LogP contribution is 2.40. The number of benzene rings is 1. The van der Waals surface area contributed by atoms with E-state index in [0.717, 1.165) is 4.88 Å². The lowest BCUT2D eigenvalue weighted by Crippen LogP contribution is -2.23. The van der Waals surface area contributed by atoms with Gasteiger partial charge in [-0.15, -0.1) is 21.5 Å². The van der Waals surface area contributed by atoms with E-state index in [-0.39, 0.29) is 5.56 Å². The molecule has 4 aromatic rings. The van der Waals surface area contributed by atoms with Crippen molar-refractivity contribution < 1.29 is 14.2 Å². The zero-order valence-electron chi connectivity index (χ0n) is 14.8. The summed E-state index contributed by atoms with van der Waals surface area (Å²) in [6, 6.07) is 7.41. The van der Waals surface area contributed by atoms with Gasteiger partial charge in [-0.25, -0.2) is 4.40 Å². The third-order valence-electron chi connectivity index (χ3n) is 3.99. The molecule has 3 aromatic heterocycles. The minimum absolute atomic E-state index is 0.155. The van der Waals surface area contributed by atoms with Crippen LogP contribution in [0.25, 0.3) is 22.4 Å². The molecule has 0 bridgehead atoms. The van der Waals surface area contributed by atoms with Crippen LogP contribution in [0.5, 0.6) is 17.2 Å². The largest absolute Gasteiger partial charge is 0.493 e. The van der Waals surface area contributed by atoms with Crippen LogP contribution in [0.4, 0.5) is 0 Å². The van der Waals surface area contributed by atoms with E-state index in [2.05, 4.69) is 10.2 Å². The Morgan fingerprint density at radius 1 is 1.07 bits per heavy atom. The average Bonchev–Trinajstić information content (AvgIpc) is 3.41. The number of fused-ring (bicyclic) bond motifs is 1. The molecule has 0 unspecified atom stereocenters. The molecule has 138 valence electrons. The maximum atomic E-state index is 12.9. The second kappa shape index (κ2) is 7.01. The fourth-order valence-electron chi connectivity index (χ4n) is 2.76. The maximum absolute atomic E-state index is 12.9. The Balaban J connectivity index is 1.93. The lowest BCUT2D eigenvalue weighted by atomic mass is 10.1. The predicted octanol–water partition coefficient (Wildman–Crippen LogP) is 2.45. The molecule has 0 radical (unpaired) electrons. The van der Waals surface area contributed by atoms with Gasteiger partial charge < -0.3 is 14.2 Å². The van der Waals surface area contributed by atoms with Gasteiger partial charge in [-0.3, -0.25) is 4.79 Å². The summed E-state index contributed by atoms with van der Waals surface area (Å²) < 4.78 is 18.2. The first-order valence-electron chi connectivity index (χ1n) is 7.89. The SMILES string of the molecule is COc1cc(-c2nnc3sc(=Cc4cccs4)c(=O)n23)cc(OC)c1OC. The van der Waals surface area contributed by atoms with Crippen molar-refractivity contribution in [3.8, 4) is 28.6 Å². The molecular weight excluding hydrogens is 386 g/mol. The zero-order chi connectivity index (χ0) is 19.0. The summed E-state index contributed by atoms with van der Waals surface area (Å²) in [4.78, 5) is 14.5. The molecule has 0 saturated heterocycles. The van der Waals surface area contributed by atoms with Crippen LogP contribution in [0.15, 0.2) is 34.4 Å². The summed E-state index contributed by atoms with van der Waals surface area (Å²) in [7, 11) is 4.62. The molecule has 27 heavy (non-hydrogen) atoms. The minimum Gasteiger partial charge on any atom is -0.493 e. The number of aromatic nitrogens is 3. The van der Waals surface area contributed by atoms with Crippen LogP contribution in [0, 0.1) is 0 Å². The summed E-state index contributed by atoms with van der Waals surface area (Å²) in [6.45, 7) is 0. The smallest absolute Gasteiger partial charge is 0.276 e. The van der Waals surface area contributed by atoms with Gasteiger partial charge in [0.2, 0.25) is 10.7 Å². The molecule has 0 spiro atoms. The standard InChI is InChI=1S/C18H15N3O4S2/c1-23-12-7-10(8-13(24-2)15(12)25-3)16-19-20-18-21(16)17(22)14(27-18)9-11-5-4-6-26-11/h4-9H,1-3H3. The van der Waals surface area contributed by atoms with Crippen LogP contribution in [0.2, 0.25) is 0 Å². The van der Waals surface area contributed by atoms with Crippen molar-refractivity contribution in [2.75, 3.05) is 21.3 Å². The van der Waals surface area contributed by atoms with E-state index in [0.29, 0.717) is 38.1 Å². The van der Waals surface area contributed by atoms with Crippen molar-refractivity contribution in [2.24, 2.45) is 0 Å². The molecule has 3 heterocycles. The van der Waals surface area contributed by atoms with Crippen LogP contribution in [0.3, 0.4) is 0 Å². The van der Waals surface area contributed by atoms with Crippen LogP contribution in [-0.2, 0) is 0 Å². The lowest BCUT2D eigenvalue weighted by molar-refractivity contribution is 0.324. The van der Waals surface area contributed by atoms with Crippen LogP contribution in [0.1, 0.15) is 4.88 Å². The zero-order valence-corrected chi connectivity index (χ0v) is 16.4. The Hall–Kier alpha value is -2.91. The van der Waals surface area contributed by atoms with Crippen LogP contribution < -0.4 is 24.3 Å². The van der Waals surface area contributed by atoms with E-state index >= 15 is 0 Å². The fourth-order valence-corrected chi connectivity index (χ4v) is 4.40. The van der Waals surface area contributed by atoms with Crippen molar-refractivity contribution >= 4 is 33.7 Å². The van der Waals surface area contributed by atoms with E-state index < -0.39 is 0 Å². The highest BCUT2D eigenvalue weighted by molar-refractivity contribution is 7.15. The highest BCUT2D eigenvalue weighted by Gasteiger charge is 2.19. The first-order chi connectivity index (χ1) is 13.2. The lowest BCUT2D eigenvalue weighted by Gasteiger charge is -2.13. The number of hydrogen-bond donors (Lipinski definition) is 0. The van der Waals surface area contributed by atoms with E-state index in [1.54, 1.807) is 23.5 Å². The van der Waals surface area contributed by atoms with Crippen molar-refractivity contribution in [3.63, 3.8) is 0 Å². The van der Waals surface area contributed by atoms with E-state index in [4.69, 9.17) is 14.2 Å². The van der Waals surface area contributed by atoms with Gasteiger partial charge in [0.05, 0.1) is 25.9 Å². The highest BCUT2D eigenvalue weighted by atomic mass is 32.1. The summed E-state index contributed by atoms with van der Waals surface area (Å²) in [5.41, 5.74) is 0.492. The topological polar surface area (TPSA) is 75.0 Å².